The molecular weight excluding hydrogens is 500 g/mol. The maximum Gasteiger partial charge on any atom is 0.264 e. The molecule has 3 aromatic rings. The Kier molecular flexibility index (Phi) is 9.66. The SMILES string of the molecule is Cc1ccc(S(=O)(=O)N(CC(=O)NCCCSCc2cccc(Cl)c2)c2ccc(C)cc2C)cc1. The van der Waals surface area contributed by atoms with Gasteiger partial charge in [0.1, 0.15) is 6.54 Å². The molecule has 0 aliphatic heterocycles. The van der Waals surface area contributed by atoms with Gasteiger partial charge in [-0.3, -0.25) is 9.10 Å². The fraction of sp³-hybridized carbons (Fsp3) is 0.296. The van der Waals surface area contributed by atoms with Crippen molar-refractivity contribution in [1.29, 1.82) is 0 Å². The van der Waals surface area contributed by atoms with Gasteiger partial charge in [-0.2, -0.15) is 11.8 Å². The minimum absolute atomic E-state index is 0.160. The van der Waals surface area contributed by atoms with Crippen molar-refractivity contribution in [2.75, 3.05) is 23.1 Å². The van der Waals surface area contributed by atoms with E-state index in [2.05, 4.69) is 5.32 Å². The number of hydrogen-bond donors (Lipinski definition) is 1. The van der Waals surface area contributed by atoms with Gasteiger partial charge < -0.3 is 5.32 Å². The molecule has 0 fully saturated rings. The molecule has 3 rings (SSSR count). The molecule has 0 atom stereocenters. The van der Waals surface area contributed by atoms with Gasteiger partial charge in [0.2, 0.25) is 5.91 Å². The van der Waals surface area contributed by atoms with Crippen LogP contribution in [0.1, 0.15) is 28.7 Å². The van der Waals surface area contributed by atoms with Crippen LogP contribution in [0.5, 0.6) is 0 Å². The summed E-state index contributed by atoms with van der Waals surface area (Å²) >= 11 is 7.79. The van der Waals surface area contributed by atoms with E-state index in [1.54, 1.807) is 42.1 Å². The number of nitrogens with one attached hydrogen (secondary N) is 1. The second-order valence-electron chi connectivity index (χ2n) is 8.50. The summed E-state index contributed by atoms with van der Waals surface area (Å²) in [6, 6.07) is 20.0. The summed E-state index contributed by atoms with van der Waals surface area (Å²) in [6.45, 7) is 5.91. The number of hydrogen-bond acceptors (Lipinski definition) is 4. The van der Waals surface area contributed by atoms with Crippen LogP contribution in [-0.4, -0.2) is 33.2 Å². The smallest absolute Gasteiger partial charge is 0.264 e. The number of amides is 1. The van der Waals surface area contributed by atoms with Crippen molar-refractivity contribution < 1.29 is 13.2 Å². The van der Waals surface area contributed by atoms with E-state index in [4.69, 9.17) is 11.6 Å². The number of thioether (sulfide) groups is 1. The van der Waals surface area contributed by atoms with Crippen molar-refractivity contribution in [3.05, 3.63) is 94.0 Å². The van der Waals surface area contributed by atoms with E-state index in [1.165, 1.54) is 4.31 Å². The van der Waals surface area contributed by atoms with Gasteiger partial charge in [0.25, 0.3) is 10.0 Å². The largest absolute Gasteiger partial charge is 0.354 e. The number of anilines is 1. The minimum Gasteiger partial charge on any atom is -0.354 e. The second kappa shape index (κ2) is 12.5. The summed E-state index contributed by atoms with van der Waals surface area (Å²) in [5, 5.41) is 3.60. The van der Waals surface area contributed by atoms with Crippen molar-refractivity contribution in [3.63, 3.8) is 0 Å². The van der Waals surface area contributed by atoms with Crippen LogP contribution in [0.4, 0.5) is 5.69 Å². The van der Waals surface area contributed by atoms with Gasteiger partial charge >= 0.3 is 0 Å². The third kappa shape index (κ3) is 7.75. The minimum atomic E-state index is -3.92. The van der Waals surface area contributed by atoms with E-state index in [0.29, 0.717) is 12.2 Å². The zero-order chi connectivity index (χ0) is 25.4. The lowest BCUT2D eigenvalue weighted by Gasteiger charge is -2.26. The fourth-order valence-corrected chi connectivity index (χ4v) is 6.23. The molecule has 1 amide bonds. The van der Waals surface area contributed by atoms with Crippen molar-refractivity contribution >= 4 is 45.0 Å². The number of benzene rings is 3. The zero-order valence-corrected chi connectivity index (χ0v) is 22.6. The van der Waals surface area contributed by atoms with Gasteiger partial charge in [-0.1, -0.05) is 59.1 Å². The summed E-state index contributed by atoms with van der Waals surface area (Å²) in [5.41, 5.74) is 4.46. The molecule has 0 unspecified atom stereocenters. The van der Waals surface area contributed by atoms with Gasteiger partial charge in [-0.15, -0.1) is 0 Å². The van der Waals surface area contributed by atoms with Gasteiger partial charge in [0.05, 0.1) is 10.6 Å². The number of nitrogens with zero attached hydrogens (tertiary/aromatic N) is 1. The Hall–Kier alpha value is -2.48. The molecule has 0 aromatic heterocycles. The van der Waals surface area contributed by atoms with E-state index in [0.717, 1.165) is 45.2 Å². The van der Waals surface area contributed by atoms with Crippen molar-refractivity contribution in [3.8, 4) is 0 Å². The molecule has 1 N–H and O–H groups in total. The van der Waals surface area contributed by atoms with Gasteiger partial charge in [0, 0.05) is 17.3 Å². The Morgan fingerprint density at radius 3 is 2.37 bits per heavy atom. The molecule has 0 heterocycles. The maximum absolute atomic E-state index is 13.5. The summed E-state index contributed by atoms with van der Waals surface area (Å²) in [5.74, 6) is 1.39. The van der Waals surface area contributed by atoms with Crippen LogP contribution in [-0.2, 0) is 20.6 Å². The number of rotatable bonds is 11. The highest BCUT2D eigenvalue weighted by molar-refractivity contribution is 7.98. The predicted octanol–water partition coefficient (Wildman–Crippen LogP) is 5.90. The number of carbonyl (C=O) groups is 1. The third-order valence-electron chi connectivity index (χ3n) is 5.46. The van der Waals surface area contributed by atoms with Crippen molar-refractivity contribution in [2.24, 2.45) is 0 Å². The average Bonchev–Trinajstić information content (AvgIpc) is 2.80. The highest BCUT2D eigenvalue weighted by Gasteiger charge is 2.28. The standard InChI is InChI=1S/C27H31ClN2O3S2/c1-20-8-11-25(12-9-20)35(32,33)30(26-13-10-21(2)16-22(26)3)18-27(31)29-14-5-15-34-19-23-6-4-7-24(28)17-23/h4,6-13,16-17H,5,14-15,18-19H2,1-3H3,(H,29,31). The first-order valence-corrected chi connectivity index (χ1v) is 14.4. The van der Waals surface area contributed by atoms with Crippen LogP contribution < -0.4 is 9.62 Å². The van der Waals surface area contributed by atoms with Crippen LogP contribution in [0, 0.1) is 20.8 Å². The predicted molar refractivity (Wildman–Crippen MR) is 147 cm³/mol. The number of carbonyl (C=O) groups excluding carboxylic acids is 1. The first-order chi connectivity index (χ1) is 16.7. The molecule has 0 saturated heterocycles. The second-order valence-corrected chi connectivity index (χ2v) is 11.9. The zero-order valence-electron chi connectivity index (χ0n) is 20.3. The van der Waals surface area contributed by atoms with E-state index < -0.39 is 10.0 Å². The summed E-state index contributed by atoms with van der Waals surface area (Å²) in [7, 11) is -3.92. The van der Waals surface area contributed by atoms with Gasteiger partial charge in [-0.25, -0.2) is 8.42 Å². The summed E-state index contributed by atoms with van der Waals surface area (Å²) in [4.78, 5) is 13.0. The Morgan fingerprint density at radius 1 is 0.971 bits per heavy atom. The molecule has 0 spiro atoms. The Labute approximate surface area is 217 Å². The Balaban J connectivity index is 1.62. The maximum atomic E-state index is 13.5. The first kappa shape index (κ1) is 27.1. The lowest BCUT2D eigenvalue weighted by atomic mass is 10.1. The molecule has 0 saturated carbocycles. The molecule has 35 heavy (non-hydrogen) atoms. The summed E-state index contributed by atoms with van der Waals surface area (Å²) < 4.78 is 28.3. The van der Waals surface area contributed by atoms with Gasteiger partial charge in [0.15, 0.2) is 0 Å². The molecule has 3 aromatic carbocycles. The number of halogens is 1. The van der Waals surface area contributed by atoms with Crippen molar-refractivity contribution in [2.45, 2.75) is 37.8 Å². The molecule has 0 aliphatic carbocycles. The molecule has 0 aliphatic rings. The lowest BCUT2D eigenvalue weighted by Crippen LogP contribution is -2.41. The average molecular weight is 531 g/mol. The highest BCUT2D eigenvalue weighted by atomic mass is 35.5. The fourth-order valence-electron chi connectivity index (χ4n) is 3.63. The normalized spacial score (nSPS) is 11.3. The van der Waals surface area contributed by atoms with Crippen LogP contribution >= 0.6 is 23.4 Å². The Bertz CT molecular complexity index is 1260. The van der Waals surface area contributed by atoms with Crippen LogP contribution in [0.25, 0.3) is 0 Å². The van der Waals surface area contributed by atoms with E-state index >= 15 is 0 Å². The summed E-state index contributed by atoms with van der Waals surface area (Å²) in [6.07, 6.45) is 0.783. The highest BCUT2D eigenvalue weighted by Crippen LogP contribution is 2.27. The molecule has 186 valence electrons. The topological polar surface area (TPSA) is 66.5 Å². The Morgan fingerprint density at radius 2 is 1.69 bits per heavy atom. The third-order valence-corrected chi connectivity index (χ3v) is 8.59. The number of sulfonamides is 1. The lowest BCUT2D eigenvalue weighted by molar-refractivity contribution is -0.119. The van der Waals surface area contributed by atoms with E-state index in [-0.39, 0.29) is 17.3 Å². The van der Waals surface area contributed by atoms with Gasteiger partial charge in [-0.05, 0) is 74.4 Å². The molecule has 0 bridgehead atoms. The first-order valence-electron chi connectivity index (χ1n) is 11.4. The van der Waals surface area contributed by atoms with Crippen molar-refractivity contribution in [1.82, 2.24) is 5.32 Å². The van der Waals surface area contributed by atoms with Crippen LogP contribution in [0.15, 0.2) is 71.6 Å². The molecule has 5 nitrogen and oxygen atoms in total. The van der Waals surface area contributed by atoms with Crippen LogP contribution in [0.2, 0.25) is 5.02 Å². The quantitative estimate of drug-likeness (QED) is 0.313. The molecular formula is C27H31ClN2O3S2. The molecule has 0 radical (unpaired) electrons. The molecule has 8 heteroatoms. The monoisotopic (exact) mass is 530 g/mol. The van der Waals surface area contributed by atoms with E-state index in [1.807, 2.05) is 57.2 Å². The van der Waals surface area contributed by atoms with E-state index in [9.17, 15) is 13.2 Å². The number of aryl methyl sites for hydroxylation is 3. The van der Waals surface area contributed by atoms with Crippen LogP contribution in [0.3, 0.4) is 0 Å².